The summed E-state index contributed by atoms with van der Waals surface area (Å²) < 4.78 is 11.1. The third kappa shape index (κ3) is 3.84. The van der Waals surface area contributed by atoms with Gasteiger partial charge in [-0.2, -0.15) is 4.98 Å². The van der Waals surface area contributed by atoms with Crippen molar-refractivity contribution in [3.8, 4) is 23.0 Å². The first-order valence-electron chi connectivity index (χ1n) is 9.98. The molecule has 154 valence electrons. The summed E-state index contributed by atoms with van der Waals surface area (Å²) in [6.07, 6.45) is 2.45. The van der Waals surface area contributed by atoms with Crippen molar-refractivity contribution in [2.24, 2.45) is 5.41 Å². The minimum absolute atomic E-state index is 0.213. The molecule has 0 aliphatic heterocycles. The van der Waals surface area contributed by atoms with Crippen LogP contribution in [0.3, 0.4) is 0 Å². The number of fused-ring (bicyclic) bond motifs is 1. The molecule has 3 aromatic rings. The molecule has 2 aromatic heterocycles. The third-order valence-corrected chi connectivity index (χ3v) is 5.79. The van der Waals surface area contributed by atoms with Crippen molar-refractivity contribution in [2.45, 2.75) is 59.5 Å². The Morgan fingerprint density at radius 1 is 1.14 bits per heavy atom. The Labute approximate surface area is 169 Å². The lowest BCUT2D eigenvalue weighted by atomic mass is 9.77. The van der Waals surface area contributed by atoms with Crippen LogP contribution in [0.2, 0.25) is 0 Å². The van der Waals surface area contributed by atoms with Crippen LogP contribution in [0.1, 0.15) is 48.3 Å². The zero-order chi connectivity index (χ0) is 20.8. The van der Waals surface area contributed by atoms with E-state index in [0.29, 0.717) is 23.8 Å². The maximum Gasteiger partial charge on any atom is 0.280 e. The molecule has 0 amide bonds. The van der Waals surface area contributed by atoms with Gasteiger partial charge in [0, 0.05) is 24.0 Å². The molecule has 1 aromatic carbocycles. The lowest BCUT2D eigenvalue weighted by molar-refractivity contribution is 0.0953. The van der Waals surface area contributed by atoms with E-state index in [9.17, 15) is 5.11 Å². The van der Waals surface area contributed by atoms with E-state index in [4.69, 9.17) is 14.2 Å². The number of hydrogen-bond donors (Lipinski definition) is 2. The van der Waals surface area contributed by atoms with Crippen LogP contribution in [-0.2, 0) is 19.3 Å². The van der Waals surface area contributed by atoms with Crippen LogP contribution in [0.25, 0.3) is 23.0 Å². The van der Waals surface area contributed by atoms with Crippen molar-refractivity contribution in [2.75, 3.05) is 6.61 Å². The molecule has 0 radical (unpaired) electrons. The second kappa shape index (κ2) is 7.39. The maximum atomic E-state index is 9.78. The molecule has 7 nitrogen and oxygen atoms in total. The molecule has 0 fully saturated rings. The van der Waals surface area contributed by atoms with E-state index in [2.05, 4.69) is 29.1 Å². The third-order valence-electron chi connectivity index (χ3n) is 5.79. The Kier molecular flexibility index (Phi) is 5.04. The highest BCUT2D eigenvalue weighted by molar-refractivity contribution is 5.62. The van der Waals surface area contributed by atoms with Gasteiger partial charge in [0.2, 0.25) is 5.82 Å². The largest absolute Gasteiger partial charge is 0.394 e. The van der Waals surface area contributed by atoms with Crippen LogP contribution in [0.15, 0.2) is 21.2 Å². The second-order valence-corrected chi connectivity index (χ2v) is 8.83. The van der Waals surface area contributed by atoms with Gasteiger partial charge in [-0.1, -0.05) is 24.2 Å². The molecule has 1 aliphatic carbocycles. The van der Waals surface area contributed by atoms with E-state index in [1.165, 1.54) is 0 Å². The first kappa shape index (κ1) is 19.8. The SMILES string of the molecule is Cc1cc(-c2noc(-c3noc4c3CCC(C)(C)C4)n2)cc(C)c1CC(O)CO. The molecule has 1 unspecified atom stereocenters. The van der Waals surface area contributed by atoms with Crippen molar-refractivity contribution in [1.82, 2.24) is 15.3 Å². The molecule has 2 N–H and O–H groups in total. The highest BCUT2D eigenvalue weighted by atomic mass is 16.5. The highest BCUT2D eigenvalue weighted by Crippen LogP contribution is 2.39. The van der Waals surface area contributed by atoms with Crippen LogP contribution in [0.4, 0.5) is 0 Å². The lowest BCUT2D eigenvalue weighted by Gasteiger charge is -2.27. The summed E-state index contributed by atoms with van der Waals surface area (Å²) in [7, 11) is 0. The standard InChI is InChI=1S/C22H27N3O4/c1-12-7-14(8-13(2)17(12)9-15(27)11-26)20-23-21(29-25-20)19-16-5-6-22(3,4)10-18(16)28-24-19/h7-8,15,26-27H,5-6,9-11H2,1-4H3. The molecule has 2 heterocycles. The van der Waals surface area contributed by atoms with Crippen molar-refractivity contribution in [3.05, 3.63) is 40.1 Å². The number of aliphatic hydroxyl groups is 2. The number of aryl methyl sites for hydroxylation is 2. The average molecular weight is 397 g/mol. The molecular formula is C22H27N3O4. The monoisotopic (exact) mass is 397 g/mol. The van der Waals surface area contributed by atoms with Gasteiger partial charge < -0.3 is 19.3 Å². The van der Waals surface area contributed by atoms with Crippen LogP contribution in [-0.4, -0.2) is 38.2 Å². The molecule has 29 heavy (non-hydrogen) atoms. The molecule has 0 bridgehead atoms. The summed E-state index contributed by atoms with van der Waals surface area (Å²) in [4.78, 5) is 4.57. The molecule has 0 spiro atoms. The van der Waals surface area contributed by atoms with E-state index >= 15 is 0 Å². The average Bonchev–Trinajstić information content (AvgIpc) is 3.29. The van der Waals surface area contributed by atoms with Crippen LogP contribution >= 0.6 is 0 Å². The predicted octanol–water partition coefficient (Wildman–Crippen LogP) is 3.42. The maximum absolute atomic E-state index is 9.78. The Bertz CT molecular complexity index is 1010. The number of aromatic nitrogens is 3. The van der Waals surface area contributed by atoms with Gasteiger partial charge in [-0.25, -0.2) is 0 Å². The van der Waals surface area contributed by atoms with Gasteiger partial charge in [0.25, 0.3) is 5.89 Å². The smallest absolute Gasteiger partial charge is 0.280 e. The number of hydrogen-bond acceptors (Lipinski definition) is 7. The molecule has 1 aliphatic rings. The van der Waals surface area contributed by atoms with Crippen molar-refractivity contribution in [3.63, 3.8) is 0 Å². The Hall–Kier alpha value is -2.51. The van der Waals surface area contributed by atoms with Crippen LogP contribution in [0, 0.1) is 19.3 Å². The molecule has 1 atom stereocenters. The number of nitrogens with zero attached hydrogens (tertiary/aromatic N) is 3. The number of rotatable bonds is 5. The van der Waals surface area contributed by atoms with Gasteiger partial charge in [0.1, 0.15) is 5.76 Å². The van der Waals surface area contributed by atoms with Gasteiger partial charge in [-0.05, 0) is 60.9 Å². The summed E-state index contributed by atoms with van der Waals surface area (Å²) in [5.74, 6) is 1.78. The fourth-order valence-electron chi connectivity index (χ4n) is 4.08. The second-order valence-electron chi connectivity index (χ2n) is 8.83. The van der Waals surface area contributed by atoms with Gasteiger partial charge in [-0.15, -0.1) is 0 Å². The van der Waals surface area contributed by atoms with Gasteiger partial charge in [-0.3, -0.25) is 0 Å². The van der Waals surface area contributed by atoms with E-state index in [1.54, 1.807) is 0 Å². The van der Waals surface area contributed by atoms with Crippen molar-refractivity contribution < 1.29 is 19.3 Å². The molecule has 0 saturated carbocycles. The molecule has 4 rings (SSSR count). The zero-order valence-electron chi connectivity index (χ0n) is 17.3. The highest BCUT2D eigenvalue weighted by Gasteiger charge is 2.32. The van der Waals surface area contributed by atoms with Gasteiger partial charge >= 0.3 is 0 Å². The molecular weight excluding hydrogens is 370 g/mol. The molecule has 7 heteroatoms. The Morgan fingerprint density at radius 2 is 1.86 bits per heavy atom. The van der Waals surface area contributed by atoms with Crippen LogP contribution < -0.4 is 0 Å². The quantitative estimate of drug-likeness (QED) is 0.679. The topological polar surface area (TPSA) is 105 Å². The fourth-order valence-corrected chi connectivity index (χ4v) is 4.08. The zero-order valence-corrected chi connectivity index (χ0v) is 17.3. The summed E-state index contributed by atoms with van der Waals surface area (Å²) in [5, 5.41) is 27.3. The Balaban J connectivity index is 1.63. The lowest BCUT2D eigenvalue weighted by Crippen LogP contribution is -2.21. The van der Waals surface area contributed by atoms with E-state index < -0.39 is 6.10 Å². The van der Waals surface area contributed by atoms with Gasteiger partial charge in [0.05, 0.1) is 12.7 Å². The van der Waals surface area contributed by atoms with Gasteiger partial charge in [0.15, 0.2) is 5.69 Å². The first-order chi connectivity index (χ1) is 13.8. The Morgan fingerprint density at radius 3 is 2.55 bits per heavy atom. The predicted molar refractivity (Wildman–Crippen MR) is 107 cm³/mol. The summed E-state index contributed by atoms with van der Waals surface area (Å²) in [6.45, 7) is 8.17. The van der Waals surface area contributed by atoms with E-state index in [-0.39, 0.29) is 12.0 Å². The summed E-state index contributed by atoms with van der Waals surface area (Å²) in [6, 6.07) is 3.95. The first-order valence-corrected chi connectivity index (χ1v) is 9.98. The van der Waals surface area contributed by atoms with E-state index in [1.807, 2.05) is 26.0 Å². The fraction of sp³-hybridized carbons (Fsp3) is 0.500. The normalized spacial score (nSPS) is 16.6. The minimum Gasteiger partial charge on any atom is -0.394 e. The molecule has 0 saturated heterocycles. The van der Waals surface area contributed by atoms with Crippen molar-refractivity contribution in [1.29, 1.82) is 0 Å². The summed E-state index contributed by atoms with van der Waals surface area (Å²) >= 11 is 0. The number of benzene rings is 1. The number of aliphatic hydroxyl groups excluding tert-OH is 2. The van der Waals surface area contributed by atoms with Crippen LogP contribution in [0.5, 0.6) is 0 Å². The minimum atomic E-state index is -0.765. The van der Waals surface area contributed by atoms with Crippen molar-refractivity contribution >= 4 is 0 Å². The summed E-state index contributed by atoms with van der Waals surface area (Å²) in [5.41, 5.74) is 5.82. The van der Waals surface area contributed by atoms with E-state index in [0.717, 1.165) is 52.8 Å².